The van der Waals surface area contributed by atoms with E-state index in [0.717, 1.165) is 64.5 Å². The zero-order chi connectivity index (χ0) is 20.2. The highest BCUT2D eigenvalue weighted by molar-refractivity contribution is 5.70. The highest BCUT2D eigenvalue weighted by Crippen LogP contribution is 2.34. The van der Waals surface area contributed by atoms with Gasteiger partial charge in [-0.2, -0.15) is 0 Å². The van der Waals surface area contributed by atoms with Crippen LogP contribution in [0.4, 0.5) is 10.5 Å². The smallest absolute Gasteiger partial charge is 0.410 e. The van der Waals surface area contributed by atoms with E-state index in [1.807, 2.05) is 29.4 Å². The number of rotatable bonds is 6. The van der Waals surface area contributed by atoms with Crippen molar-refractivity contribution in [3.8, 4) is 0 Å². The summed E-state index contributed by atoms with van der Waals surface area (Å²) in [4.78, 5) is 32.0. The number of carboxylic acids is 1. The van der Waals surface area contributed by atoms with E-state index >= 15 is 0 Å². The molecule has 2 aliphatic heterocycles. The molecule has 7 nitrogen and oxygen atoms in total. The number of anilines is 1. The number of aromatic nitrogens is 1. The SMILES string of the molecule is O=C(O)C1CCCC(CCC2CN(C3CCN(c4ccncc4)CC3)C(=O)O2)C1. The largest absolute Gasteiger partial charge is 0.481 e. The molecule has 1 aromatic rings. The van der Waals surface area contributed by atoms with Gasteiger partial charge in [-0.05, 0) is 56.6 Å². The van der Waals surface area contributed by atoms with Gasteiger partial charge in [0.15, 0.2) is 0 Å². The molecule has 1 saturated carbocycles. The molecule has 2 saturated heterocycles. The number of hydrogen-bond acceptors (Lipinski definition) is 5. The number of carbonyl (C=O) groups excluding carboxylic acids is 1. The van der Waals surface area contributed by atoms with E-state index in [1.165, 1.54) is 5.69 Å². The molecule has 0 bridgehead atoms. The molecule has 3 unspecified atom stereocenters. The van der Waals surface area contributed by atoms with Gasteiger partial charge in [-0.1, -0.05) is 12.8 Å². The lowest BCUT2D eigenvalue weighted by atomic mass is 9.79. The van der Waals surface area contributed by atoms with Gasteiger partial charge in [0.1, 0.15) is 6.10 Å². The first-order valence-corrected chi connectivity index (χ1v) is 10.9. The number of hydrogen-bond donors (Lipinski definition) is 1. The van der Waals surface area contributed by atoms with E-state index in [4.69, 9.17) is 4.74 Å². The Morgan fingerprint density at radius 1 is 1.14 bits per heavy atom. The maximum Gasteiger partial charge on any atom is 0.410 e. The summed E-state index contributed by atoms with van der Waals surface area (Å²) in [6.07, 6.45) is 10.8. The predicted octanol–water partition coefficient (Wildman–Crippen LogP) is 3.54. The molecule has 3 heterocycles. The lowest BCUT2D eigenvalue weighted by molar-refractivity contribution is -0.143. The highest BCUT2D eigenvalue weighted by Gasteiger charge is 2.38. The number of aliphatic carboxylic acids is 1. The molecule has 1 aromatic heterocycles. The topological polar surface area (TPSA) is 83.0 Å². The van der Waals surface area contributed by atoms with Gasteiger partial charge in [-0.15, -0.1) is 0 Å². The van der Waals surface area contributed by atoms with Crippen LogP contribution in [0.3, 0.4) is 0 Å². The first kappa shape index (κ1) is 20.0. The predicted molar refractivity (Wildman–Crippen MR) is 109 cm³/mol. The Balaban J connectivity index is 1.23. The van der Waals surface area contributed by atoms with E-state index in [2.05, 4.69) is 9.88 Å². The summed E-state index contributed by atoms with van der Waals surface area (Å²) < 4.78 is 5.65. The van der Waals surface area contributed by atoms with Gasteiger partial charge in [0.25, 0.3) is 0 Å². The molecule has 7 heteroatoms. The van der Waals surface area contributed by atoms with Crippen LogP contribution in [0.15, 0.2) is 24.5 Å². The van der Waals surface area contributed by atoms with Crippen LogP contribution < -0.4 is 4.90 Å². The second-order valence-electron chi connectivity index (χ2n) is 8.73. The van der Waals surface area contributed by atoms with Gasteiger partial charge in [-0.3, -0.25) is 9.78 Å². The second kappa shape index (κ2) is 9.01. The van der Waals surface area contributed by atoms with Crippen LogP contribution in [0.5, 0.6) is 0 Å². The minimum atomic E-state index is -0.661. The number of amides is 1. The number of nitrogens with zero attached hydrogens (tertiary/aromatic N) is 3. The number of piperidine rings is 1. The third kappa shape index (κ3) is 4.82. The lowest BCUT2D eigenvalue weighted by Gasteiger charge is -2.36. The van der Waals surface area contributed by atoms with Gasteiger partial charge in [0.2, 0.25) is 0 Å². The summed E-state index contributed by atoms with van der Waals surface area (Å²) in [6, 6.07) is 4.30. The summed E-state index contributed by atoms with van der Waals surface area (Å²) in [5.74, 6) is -0.408. The van der Waals surface area contributed by atoms with Crippen LogP contribution in [0, 0.1) is 11.8 Å². The first-order valence-electron chi connectivity index (χ1n) is 10.9. The third-order valence-corrected chi connectivity index (χ3v) is 6.86. The first-order chi connectivity index (χ1) is 14.1. The lowest BCUT2D eigenvalue weighted by Crippen LogP contribution is -2.45. The molecule has 0 radical (unpaired) electrons. The molecule has 3 aliphatic rings. The van der Waals surface area contributed by atoms with Crippen LogP contribution in [0.2, 0.25) is 0 Å². The van der Waals surface area contributed by atoms with Gasteiger partial charge in [0, 0.05) is 37.2 Å². The Hall–Kier alpha value is -2.31. The summed E-state index contributed by atoms with van der Waals surface area (Å²) >= 11 is 0. The van der Waals surface area contributed by atoms with Crippen molar-refractivity contribution >= 4 is 17.7 Å². The van der Waals surface area contributed by atoms with E-state index in [9.17, 15) is 14.7 Å². The molecule has 4 rings (SSSR count). The number of carbonyl (C=O) groups is 2. The van der Waals surface area contributed by atoms with E-state index in [0.29, 0.717) is 12.5 Å². The Morgan fingerprint density at radius 3 is 2.62 bits per heavy atom. The number of carboxylic acid groups (broad SMARTS) is 1. The van der Waals surface area contributed by atoms with Gasteiger partial charge in [-0.25, -0.2) is 4.79 Å². The Kier molecular flexibility index (Phi) is 6.21. The van der Waals surface area contributed by atoms with Crippen molar-refractivity contribution in [3.05, 3.63) is 24.5 Å². The fourth-order valence-electron chi connectivity index (χ4n) is 5.18. The molecule has 29 heavy (non-hydrogen) atoms. The molecule has 1 aliphatic carbocycles. The van der Waals surface area contributed by atoms with Gasteiger partial charge in [0.05, 0.1) is 12.5 Å². The number of ether oxygens (including phenoxy) is 1. The van der Waals surface area contributed by atoms with E-state index in [-0.39, 0.29) is 24.2 Å². The quantitative estimate of drug-likeness (QED) is 0.785. The zero-order valence-corrected chi connectivity index (χ0v) is 16.9. The fraction of sp³-hybridized carbons (Fsp3) is 0.682. The van der Waals surface area contributed by atoms with Crippen LogP contribution in [0.25, 0.3) is 0 Å². The maximum atomic E-state index is 12.4. The van der Waals surface area contributed by atoms with Gasteiger partial charge < -0.3 is 19.6 Å². The maximum absolute atomic E-state index is 12.4. The molecular weight excluding hydrogens is 370 g/mol. The average Bonchev–Trinajstić information content (AvgIpc) is 3.14. The van der Waals surface area contributed by atoms with Crippen molar-refractivity contribution in [1.29, 1.82) is 0 Å². The minimum absolute atomic E-state index is 0.0501. The molecule has 1 N–H and O–H groups in total. The number of cyclic esters (lactones) is 1. The van der Waals surface area contributed by atoms with Crippen LogP contribution >= 0.6 is 0 Å². The minimum Gasteiger partial charge on any atom is -0.481 e. The summed E-state index contributed by atoms with van der Waals surface area (Å²) in [5, 5.41) is 9.26. The highest BCUT2D eigenvalue weighted by atomic mass is 16.6. The molecule has 0 spiro atoms. The van der Waals surface area contributed by atoms with Crippen LogP contribution in [-0.2, 0) is 9.53 Å². The zero-order valence-electron chi connectivity index (χ0n) is 16.9. The Labute approximate surface area is 172 Å². The molecule has 3 atom stereocenters. The van der Waals surface area contributed by atoms with E-state index < -0.39 is 5.97 Å². The van der Waals surface area contributed by atoms with Gasteiger partial charge >= 0.3 is 12.1 Å². The van der Waals surface area contributed by atoms with Crippen molar-refractivity contribution in [3.63, 3.8) is 0 Å². The summed E-state index contributed by atoms with van der Waals surface area (Å²) in [7, 11) is 0. The van der Waals surface area contributed by atoms with Crippen molar-refractivity contribution in [2.75, 3.05) is 24.5 Å². The van der Waals surface area contributed by atoms with Crippen molar-refractivity contribution in [2.45, 2.75) is 63.5 Å². The molecule has 0 aromatic carbocycles. The van der Waals surface area contributed by atoms with Crippen molar-refractivity contribution in [1.82, 2.24) is 9.88 Å². The molecule has 3 fully saturated rings. The molecule has 1 amide bonds. The average molecular weight is 402 g/mol. The summed E-state index contributed by atoms with van der Waals surface area (Å²) in [6.45, 7) is 2.54. The Morgan fingerprint density at radius 2 is 1.90 bits per heavy atom. The van der Waals surface area contributed by atoms with Crippen LogP contribution in [-0.4, -0.2) is 58.8 Å². The monoisotopic (exact) mass is 401 g/mol. The fourth-order valence-corrected chi connectivity index (χ4v) is 5.18. The van der Waals surface area contributed by atoms with Crippen molar-refractivity contribution < 1.29 is 19.4 Å². The third-order valence-electron chi connectivity index (χ3n) is 6.86. The second-order valence-corrected chi connectivity index (χ2v) is 8.73. The molecular formula is C22H31N3O4. The number of pyridine rings is 1. The molecule has 158 valence electrons. The van der Waals surface area contributed by atoms with Crippen LogP contribution in [0.1, 0.15) is 51.4 Å². The van der Waals surface area contributed by atoms with Crippen molar-refractivity contribution in [2.24, 2.45) is 11.8 Å². The summed E-state index contributed by atoms with van der Waals surface area (Å²) in [5.41, 5.74) is 1.19. The van der Waals surface area contributed by atoms with E-state index in [1.54, 1.807) is 0 Å². The normalized spacial score (nSPS) is 28.4. The Bertz CT molecular complexity index is 705. The standard InChI is InChI=1S/C22H31N3O4/c26-21(27)17-3-1-2-16(14-17)4-5-20-15-25(22(28)29-20)19-8-12-24(13-9-19)18-6-10-23-11-7-18/h6-7,10-11,16-17,19-20H,1-5,8-9,12-15H2,(H,26,27).